The van der Waals surface area contributed by atoms with Gasteiger partial charge in [-0.15, -0.1) is 6.58 Å². The van der Waals surface area contributed by atoms with E-state index in [2.05, 4.69) is 21.4 Å². The Morgan fingerprint density at radius 2 is 2.12 bits per heavy atom. The average Bonchev–Trinajstić information content (AvgIpc) is 2.63. The van der Waals surface area contributed by atoms with Crippen LogP contribution in [0.15, 0.2) is 24.9 Å². The molecule has 3 heterocycles. The highest BCUT2D eigenvalue weighted by Crippen LogP contribution is 2.35. The van der Waals surface area contributed by atoms with E-state index in [1.165, 1.54) is 0 Å². The molecule has 1 atom stereocenters. The van der Waals surface area contributed by atoms with E-state index in [0.717, 1.165) is 44.7 Å². The molecule has 0 amide bonds. The first kappa shape index (κ1) is 17.7. The van der Waals surface area contributed by atoms with Gasteiger partial charge in [-0.25, -0.2) is 4.98 Å². The number of aromatic nitrogens is 2. The smallest absolute Gasteiger partial charge is 0.311 e. The van der Waals surface area contributed by atoms with Crippen molar-refractivity contribution in [1.82, 2.24) is 9.97 Å². The molecule has 7 nitrogen and oxygen atoms in total. The standard InChI is InChI=1S/C18H26N4O3/c1-2-7-18(16(24)25)8-3-10-22(13-18)17-19-9-4-15(20-17)21-11-5-14(23)6-12-21/h2,4,9,14,23H,1,3,5-8,10-13H2,(H,24,25)/t18-/m1/s1. The van der Waals surface area contributed by atoms with Gasteiger partial charge in [0.25, 0.3) is 0 Å². The Labute approximate surface area is 148 Å². The molecule has 2 N–H and O–H groups in total. The number of carboxylic acid groups (broad SMARTS) is 1. The monoisotopic (exact) mass is 346 g/mol. The fraction of sp³-hybridized carbons (Fsp3) is 0.611. The van der Waals surface area contributed by atoms with Gasteiger partial charge in [-0.1, -0.05) is 6.08 Å². The highest BCUT2D eigenvalue weighted by atomic mass is 16.4. The second-order valence-electron chi connectivity index (χ2n) is 7.04. The lowest BCUT2D eigenvalue weighted by atomic mass is 9.77. The van der Waals surface area contributed by atoms with Crippen molar-refractivity contribution in [3.8, 4) is 0 Å². The first-order valence-electron chi connectivity index (χ1n) is 8.89. The zero-order valence-electron chi connectivity index (χ0n) is 14.5. The molecule has 2 fully saturated rings. The van der Waals surface area contributed by atoms with Gasteiger partial charge >= 0.3 is 5.97 Å². The van der Waals surface area contributed by atoms with Gasteiger partial charge in [-0.05, 0) is 38.2 Å². The van der Waals surface area contributed by atoms with Crippen LogP contribution in [0.25, 0.3) is 0 Å². The van der Waals surface area contributed by atoms with Crippen molar-refractivity contribution >= 4 is 17.7 Å². The Bertz CT molecular complexity index is 631. The Kier molecular flexibility index (Phi) is 5.22. The summed E-state index contributed by atoms with van der Waals surface area (Å²) >= 11 is 0. The lowest BCUT2D eigenvalue weighted by molar-refractivity contribution is -0.149. The Morgan fingerprint density at radius 3 is 2.80 bits per heavy atom. The largest absolute Gasteiger partial charge is 0.481 e. The van der Waals surface area contributed by atoms with Gasteiger partial charge < -0.3 is 20.0 Å². The number of carboxylic acids is 1. The highest BCUT2D eigenvalue weighted by Gasteiger charge is 2.42. The van der Waals surface area contributed by atoms with Crippen LogP contribution in [0, 0.1) is 5.41 Å². The molecule has 0 saturated carbocycles. The fourth-order valence-corrected chi connectivity index (χ4v) is 3.77. The Balaban J connectivity index is 1.78. The van der Waals surface area contributed by atoms with E-state index in [4.69, 9.17) is 0 Å². The van der Waals surface area contributed by atoms with Crippen LogP contribution < -0.4 is 9.80 Å². The first-order chi connectivity index (χ1) is 12.0. The van der Waals surface area contributed by atoms with E-state index >= 15 is 0 Å². The number of aliphatic carboxylic acids is 1. The van der Waals surface area contributed by atoms with Crippen LogP contribution in [-0.2, 0) is 4.79 Å². The number of hydrogen-bond donors (Lipinski definition) is 2. The maximum atomic E-state index is 11.8. The Hall–Kier alpha value is -2.15. The van der Waals surface area contributed by atoms with Crippen LogP contribution >= 0.6 is 0 Å². The summed E-state index contributed by atoms with van der Waals surface area (Å²) in [7, 11) is 0. The van der Waals surface area contributed by atoms with Gasteiger partial charge in [0, 0.05) is 32.4 Å². The van der Waals surface area contributed by atoms with E-state index in [1.807, 2.05) is 11.0 Å². The predicted octanol–water partition coefficient (Wildman–Crippen LogP) is 1.68. The fourth-order valence-electron chi connectivity index (χ4n) is 3.77. The molecule has 0 bridgehead atoms. The topological polar surface area (TPSA) is 89.8 Å². The van der Waals surface area contributed by atoms with Gasteiger partial charge in [-0.3, -0.25) is 4.79 Å². The van der Waals surface area contributed by atoms with Crippen LogP contribution in [0.1, 0.15) is 32.1 Å². The summed E-state index contributed by atoms with van der Waals surface area (Å²) in [6.07, 6.45) is 6.56. The number of piperidine rings is 2. The molecule has 1 aromatic heterocycles. The van der Waals surface area contributed by atoms with E-state index in [1.54, 1.807) is 12.3 Å². The summed E-state index contributed by atoms with van der Waals surface area (Å²) in [5.41, 5.74) is -0.811. The first-order valence-corrected chi connectivity index (χ1v) is 8.89. The maximum Gasteiger partial charge on any atom is 0.311 e. The van der Waals surface area contributed by atoms with Crippen molar-refractivity contribution in [1.29, 1.82) is 0 Å². The molecule has 3 rings (SSSR count). The number of aliphatic hydroxyl groups excluding tert-OH is 1. The lowest BCUT2D eigenvalue weighted by Gasteiger charge is -2.39. The van der Waals surface area contributed by atoms with Crippen molar-refractivity contribution in [2.45, 2.75) is 38.2 Å². The summed E-state index contributed by atoms with van der Waals surface area (Å²) in [4.78, 5) is 25.0. The van der Waals surface area contributed by atoms with Crippen molar-refractivity contribution in [3.05, 3.63) is 24.9 Å². The third-order valence-electron chi connectivity index (χ3n) is 5.27. The van der Waals surface area contributed by atoms with Gasteiger partial charge in [0.1, 0.15) is 5.82 Å². The quantitative estimate of drug-likeness (QED) is 0.784. The maximum absolute atomic E-state index is 11.8. The summed E-state index contributed by atoms with van der Waals surface area (Å²) in [6.45, 7) is 6.42. The molecule has 2 saturated heterocycles. The second-order valence-corrected chi connectivity index (χ2v) is 7.04. The number of anilines is 2. The lowest BCUT2D eigenvalue weighted by Crippen LogP contribution is -2.48. The number of hydrogen-bond acceptors (Lipinski definition) is 6. The number of allylic oxidation sites excluding steroid dienone is 1. The minimum atomic E-state index is -0.811. The van der Waals surface area contributed by atoms with Crippen LogP contribution in [0.2, 0.25) is 0 Å². The average molecular weight is 346 g/mol. The number of carbonyl (C=O) groups is 1. The molecule has 1 aromatic rings. The molecule has 2 aliphatic rings. The van der Waals surface area contributed by atoms with Crippen molar-refractivity contribution in [2.24, 2.45) is 5.41 Å². The Morgan fingerprint density at radius 1 is 1.36 bits per heavy atom. The second kappa shape index (κ2) is 7.39. The molecule has 0 aliphatic carbocycles. The zero-order valence-corrected chi connectivity index (χ0v) is 14.5. The normalized spacial score (nSPS) is 25.0. The third kappa shape index (κ3) is 3.76. The van der Waals surface area contributed by atoms with E-state index in [0.29, 0.717) is 25.3 Å². The summed E-state index contributed by atoms with van der Waals surface area (Å²) < 4.78 is 0. The molecule has 136 valence electrons. The van der Waals surface area contributed by atoms with Crippen molar-refractivity contribution < 1.29 is 15.0 Å². The molecule has 7 heteroatoms. The molecule has 2 aliphatic heterocycles. The van der Waals surface area contributed by atoms with Gasteiger partial charge in [0.15, 0.2) is 0 Å². The molecular formula is C18H26N4O3. The van der Waals surface area contributed by atoms with Crippen LogP contribution in [0.3, 0.4) is 0 Å². The number of rotatable bonds is 5. The summed E-state index contributed by atoms with van der Waals surface area (Å²) in [5.74, 6) is 0.642. The molecular weight excluding hydrogens is 320 g/mol. The van der Waals surface area contributed by atoms with Gasteiger partial charge in [0.05, 0.1) is 11.5 Å². The van der Waals surface area contributed by atoms with Crippen molar-refractivity contribution in [2.75, 3.05) is 36.0 Å². The molecule has 0 unspecified atom stereocenters. The SMILES string of the molecule is C=CC[C@@]1(C(=O)O)CCCN(c2nccc(N3CCC(O)CC3)n2)C1. The molecule has 25 heavy (non-hydrogen) atoms. The number of nitrogens with zero attached hydrogens (tertiary/aromatic N) is 4. The minimum Gasteiger partial charge on any atom is -0.481 e. The van der Waals surface area contributed by atoms with E-state index < -0.39 is 11.4 Å². The van der Waals surface area contributed by atoms with Crippen LogP contribution in [0.4, 0.5) is 11.8 Å². The van der Waals surface area contributed by atoms with Gasteiger partial charge in [-0.2, -0.15) is 4.98 Å². The summed E-state index contributed by atoms with van der Waals surface area (Å²) in [5, 5.41) is 19.4. The summed E-state index contributed by atoms with van der Waals surface area (Å²) in [6, 6.07) is 1.87. The minimum absolute atomic E-state index is 0.227. The molecule has 0 spiro atoms. The number of aliphatic hydroxyl groups is 1. The van der Waals surface area contributed by atoms with Crippen LogP contribution in [0.5, 0.6) is 0 Å². The van der Waals surface area contributed by atoms with E-state index in [-0.39, 0.29) is 6.10 Å². The van der Waals surface area contributed by atoms with E-state index in [9.17, 15) is 15.0 Å². The van der Waals surface area contributed by atoms with Crippen molar-refractivity contribution in [3.63, 3.8) is 0 Å². The highest BCUT2D eigenvalue weighted by molar-refractivity contribution is 5.76. The predicted molar refractivity (Wildman–Crippen MR) is 95.8 cm³/mol. The molecule has 0 radical (unpaired) electrons. The van der Waals surface area contributed by atoms with Gasteiger partial charge in [0.2, 0.25) is 5.95 Å². The third-order valence-corrected chi connectivity index (χ3v) is 5.27. The zero-order chi connectivity index (χ0) is 17.9. The van der Waals surface area contributed by atoms with Crippen LogP contribution in [-0.4, -0.2) is 58.4 Å². The molecule has 0 aromatic carbocycles.